The lowest BCUT2D eigenvalue weighted by molar-refractivity contribution is -0.143. The largest absolute Gasteiger partial charge is 0.381 e. The highest BCUT2D eigenvalue weighted by molar-refractivity contribution is 6.31. The molecule has 7 heteroatoms. The van der Waals surface area contributed by atoms with Gasteiger partial charge in [-0.1, -0.05) is 11.6 Å². The Hall–Kier alpha value is -1.53. The summed E-state index contributed by atoms with van der Waals surface area (Å²) < 4.78 is 7.48. The zero-order valence-electron chi connectivity index (χ0n) is 16.0. The van der Waals surface area contributed by atoms with Gasteiger partial charge in [-0.05, 0) is 45.1 Å². The van der Waals surface area contributed by atoms with Crippen molar-refractivity contribution in [1.82, 2.24) is 14.4 Å². The van der Waals surface area contributed by atoms with E-state index in [4.69, 9.17) is 16.3 Å². The van der Waals surface area contributed by atoms with Gasteiger partial charge < -0.3 is 19.1 Å². The molecule has 3 fully saturated rings. The maximum absolute atomic E-state index is 13.2. The third-order valence-corrected chi connectivity index (χ3v) is 6.55. The number of aromatic nitrogens is 1. The maximum atomic E-state index is 13.2. The van der Waals surface area contributed by atoms with Crippen LogP contribution in [0.5, 0.6) is 0 Å². The Balaban J connectivity index is 1.56. The SMILES string of the molecule is CCn1cc(Cl)cc1C(=O)N1CCN(C(=O)C2CC2)C2(CCOCC2)CC1. The van der Waals surface area contributed by atoms with Crippen LogP contribution in [0.2, 0.25) is 5.02 Å². The van der Waals surface area contributed by atoms with E-state index in [1.807, 2.05) is 16.4 Å². The average Bonchev–Trinajstić information content (AvgIpc) is 3.47. The molecule has 2 amide bonds. The molecule has 3 aliphatic rings. The highest BCUT2D eigenvalue weighted by Crippen LogP contribution is 2.39. The van der Waals surface area contributed by atoms with Gasteiger partial charge in [-0.25, -0.2) is 0 Å². The van der Waals surface area contributed by atoms with Crippen molar-refractivity contribution in [2.45, 2.75) is 51.1 Å². The zero-order valence-corrected chi connectivity index (χ0v) is 16.7. The molecule has 0 radical (unpaired) electrons. The highest BCUT2D eigenvalue weighted by Gasteiger charge is 2.46. The third-order valence-electron chi connectivity index (χ3n) is 6.34. The molecule has 1 aromatic rings. The van der Waals surface area contributed by atoms with Crippen LogP contribution in [0.15, 0.2) is 12.3 Å². The van der Waals surface area contributed by atoms with Crippen molar-refractivity contribution in [3.05, 3.63) is 23.0 Å². The Bertz CT molecular complexity index is 722. The first-order chi connectivity index (χ1) is 13.0. The number of hydrogen-bond acceptors (Lipinski definition) is 3. The van der Waals surface area contributed by atoms with E-state index in [1.54, 1.807) is 12.3 Å². The van der Waals surface area contributed by atoms with E-state index < -0.39 is 0 Å². The lowest BCUT2D eigenvalue weighted by Gasteiger charge is -2.45. The fraction of sp³-hybridized carbons (Fsp3) is 0.700. The molecular weight excluding hydrogens is 366 g/mol. The summed E-state index contributed by atoms with van der Waals surface area (Å²) in [5.74, 6) is 0.487. The van der Waals surface area contributed by atoms with Gasteiger partial charge >= 0.3 is 0 Å². The molecule has 1 aromatic heterocycles. The molecule has 0 N–H and O–H groups in total. The molecule has 2 aliphatic heterocycles. The normalized spacial score (nSPS) is 22.7. The van der Waals surface area contributed by atoms with Gasteiger partial charge in [-0.2, -0.15) is 0 Å². The molecule has 3 heterocycles. The van der Waals surface area contributed by atoms with Crippen LogP contribution in [-0.2, 0) is 16.1 Å². The number of carbonyl (C=O) groups excluding carboxylic acids is 2. The van der Waals surface area contributed by atoms with Crippen molar-refractivity contribution in [3.8, 4) is 0 Å². The number of nitrogens with zero attached hydrogens (tertiary/aromatic N) is 3. The molecule has 0 bridgehead atoms. The summed E-state index contributed by atoms with van der Waals surface area (Å²) in [4.78, 5) is 30.2. The average molecular weight is 394 g/mol. The van der Waals surface area contributed by atoms with Crippen molar-refractivity contribution in [1.29, 1.82) is 0 Å². The van der Waals surface area contributed by atoms with Crippen molar-refractivity contribution in [3.63, 3.8) is 0 Å². The van der Waals surface area contributed by atoms with Crippen LogP contribution >= 0.6 is 11.6 Å². The van der Waals surface area contributed by atoms with Gasteiger partial charge in [0.1, 0.15) is 5.69 Å². The van der Waals surface area contributed by atoms with E-state index in [2.05, 4.69) is 4.90 Å². The Morgan fingerprint density at radius 2 is 1.93 bits per heavy atom. The van der Waals surface area contributed by atoms with E-state index in [1.165, 1.54) is 0 Å². The van der Waals surface area contributed by atoms with Crippen LogP contribution in [0.3, 0.4) is 0 Å². The van der Waals surface area contributed by atoms with Gasteiger partial charge in [0.2, 0.25) is 5.91 Å². The zero-order chi connectivity index (χ0) is 19.0. The summed E-state index contributed by atoms with van der Waals surface area (Å²) >= 11 is 6.12. The maximum Gasteiger partial charge on any atom is 0.270 e. The van der Waals surface area contributed by atoms with Gasteiger partial charge in [-0.3, -0.25) is 9.59 Å². The van der Waals surface area contributed by atoms with Crippen LogP contribution in [0.1, 0.15) is 49.5 Å². The van der Waals surface area contributed by atoms with E-state index in [9.17, 15) is 9.59 Å². The van der Waals surface area contributed by atoms with E-state index in [-0.39, 0.29) is 23.3 Å². The Morgan fingerprint density at radius 3 is 2.59 bits per heavy atom. The smallest absolute Gasteiger partial charge is 0.270 e. The summed E-state index contributed by atoms with van der Waals surface area (Å²) in [6, 6.07) is 1.75. The second-order valence-electron chi connectivity index (χ2n) is 7.97. The van der Waals surface area contributed by atoms with Gasteiger partial charge in [0.25, 0.3) is 5.91 Å². The number of aryl methyl sites for hydroxylation is 1. The summed E-state index contributed by atoms with van der Waals surface area (Å²) in [7, 11) is 0. The van der Waals surface area contributed by atoms with Gasteiger partial charge in [0.15, 0.2) is 0 Å². The molecule has 6 nitrogen and oxygen atoms in total. The number of rotatable bonds is 3. The molecule has 2 saturated heterocycles. The molecule has 1 aliphatic carbocycles. The number of hydrogen-bond donors (Lipinski definition) is 0. The third kappa shape index (κ3) is 3.61. The van der Waals surface area contributed by atoms with E-state index in [0.29, 0.717) is 50.1 Å². The van der Waals surface area contributed by atoms with Gasteiger partial charge in [-0.15, -0.1) is 0 Å². The number of carbonyl (C=O) groups is 2. The fourth-order valence-corrected chi connectivity index (χ4v) is 4.72. The fourth-order valence-electron chi connectivity index (χ4n) is 4.49. The predicted octanol–water partition coefficient (Wildman–Crippen LogP) is 2.80. The number of ether oxygens (including phenoxy) is 1. The second-order valence-corrected chi connectivity index (χ2v) is 8.41. The van der Waals surface area contributed by atoms with Gasteiger partial charge in [0.05, 0.1) is 5.02 Å². The molecule has 1 saturated carbocycles. The molecule has 0 atom stereocenters. The monoisotopic (exact) mass is 393 g/mol. The van der Waals surface area contributed by atoms with E-state index in [0.717, 1.165) is 32.1 Å². The van der Waals surface area contributed by atoms with Crippen LogP contribution in [0.25, 0.3) is 0 Å². The van der Waals surface area contributed by atoms with Crippen LogP contribution < -0.4 is 0 Å². The summed E-state index contributed by atoms with van der Waals surface area (Å²) in [6.45, 7) is 5.94. The molecule has 148 valence electrons. The first kappa shape index (κ1) is 18.8. The van der Waals surface area contributed by atoms with Crippen LogP contribution in [0, 0.1) is 5.92 Å². The quantitative estimate of drug-likeness (QED) is 0.793. The Morgan fingerprint density at radius 1 is 1.19 bits per heavy atom. The van der Waals surface area contributed by atoms with Crippen LogP contribution in [-0.4, -0.2) is 64.6 Å². The van der Waals surface area contributed by atoms with Crippen LogP contribution in [0.4, 0.5) is 0 Å². The second kappa shape index (κ2) is 7.47. The van der Waals surface area contributed by atoms with Crippen molar-refractivity contribution in [2.24, 2.45) is 5.92 Å². The van der Waals surface area contributed by atoms with Crippen molar-refractivity contribution >= 4 is 23.4 Å². The van der Waals surface area contributed by atoms with Crippen molar-refractivity contribution in [2.75, 3.05) is 32.8 Å². The number of amides is 2. The Kier molecular flexibility index (Phi) is 5.21. The molecule has 27 heavy (non-hydrogen) atoms. The molecule has 0 unspecified atom stereocenters. The lowest BCUT2D eigenvalue weighted by atomic mass is 9.84. The molecule has 1 spiro atoms. The topological polar surface area (TPSA) is 54.8 Å². The predicted molar refractivity (Wildman–Crippen MR) is 103 cm³/mol. The Labute approximate surface area is 165 Å². The van der Waals surface area contributed by atoms with Crippen molar-refractivity contribution < 1.29 is 14.3 Å². The summed E-state index contributed by atoms with van der Waals surface area (Å²) in [5, 5.41) is 0.585. The highest BCUT2D eigenvalue weighted by atomic mass is 35.5. The van der Waals surface area contributed by atoms with Gasteiger partial charge in [0, 0.05) is 57.0 Å². The van der Waals surface area contributed by atoms with E-state index >= 15 is 0 Å². The summed E-state index contributed by atoms with van der Waals surface area (Å²) in [6.07, 6.45) is 6.37. The number of halogens is 1. The molecule has 0 aromatic carbocycles. The minimum atomic E-state index is -0.155. The minimum absolute atomic E-state index is 0.00619. The lowest BCUT2D eigenvalue weighted by Crippen LogP contribution is -2.55. The summed E-state index contributed by atoms with van der Waals surface area (Å²) in [5.41, 5.74) is 0.475. The standard InChI is InChI=1S/C20H28ClN3O3/c1-2-22-14-16(21)13-17(22)19(26)23-8-5-20(6-11-27-12-7-20)24(10-9-23)18(25)15-3-4-15/h13-15H,2-12H2,1H3. The molecule has 4 rings (SSSR count). The first-order valence-corrected chi connectivity index (χ1v) is 10.5. The molecular formula is C20H28ClN3O3. The first-order valence-electron chi connectivity index (χ1n) is 10.1. The minimum Gasteiger partial charge on any atom is -0.381 e.